The Morgan fingerprint density at radius 2 is 1.49 bits per heavy atom. The molecule has 10 heteroatoms. The maximum atomic E-state index is 13.6. The summed E-state index contributed by atoms with van der Waals surface area (Å²) in [6.07, 6.45) is 1.57. The van der Waals surface area contributed by atoms with Gasteiger partial charge in [0.25, 0.3) is 17.4 Å². The second-order valence-electron chi connectivity index (χ2n) is 8.43. The third-order valence-electron chi connectivity index (χ3n) is 6.34. The summed E-state index contributed by atoms with van der Waals surface area (Å²) in [5, 5.41) is 0. The van der Waals surface area contributed by atoms with Crippen molar-refractivity contribution in [3.63, 3.8) is 0 Å². The van der Waals surface area contributed by atoms with Gasteiger partial charge in [-0.2, -0.15) is 0 Å². The lowest BCUT2D eigenvalue weighted by Gasteiger charge is -2.34. The van der Waals surface area contributed by atoms with Crippen LogP contribution < -0.4 is 15.0 Å². The van der Waals surface area contributed by atoms with E-state index in [0.29, 0.717) is 47.0 Å². The molecule has 0 bridgehead atoms. The van der Waals surface area contributed by atoms with E-state index in [4.69, 9.17) is 9.47 Å². The minimum atomic E-state index is -0.586. The number of aromatic nitrogens is 3. The first-order valence-corrected chi connectivity index (χ1v) is 11.8. The number of nitrogens with zero attached hydrogens (tertiary/aromatic N) is 5. The Labute approximate surface area is 212 Å². The number of amides is 2. The van der Waals surface area contributed by atoms with Crippen LogP contribution in [0, 0.1) is 0 Å². The lowest BCUT2D eigenvalue weighted by atomic mass is 10.1. The number of rotatable bonds is 5. The Balaban J connectivity index is 1.42. The minimum absolute atomic E-state index is 0.122. The molecule has 37 heavy (non-hydrogen) atoms. The number of hydrogen-bond acceptors (Lipinski definition) is 7. The van der Waals surface area contributed by atoms with Crippen LogP contribution in [-0.4, -0.2) is 76.5 Å². The van der Waals surface area contributed by atoms with E-state index in [1.54, 1.807) is 83.8 Å². The molecule has 0 spiro atoms. The lowest BCUT2D eigenvalue weighted by Crippen LogP contribution is -2.51. The predicted octanol–water partition coefficient (Wildman–Crippen LogP) is 2.40. The summed E-state index contributed by atoms with van der Waals surface area (Å²) in [5.41, 5.74) is 0.945. The molecule has 2 amide bonds. The normalized spacial score (nSPS) is 13.5. The number of ether oxygens (including phenoxy) is 2. The molecule has 4 aromatic rings. The van der Waals surface area contributed by atoms with Gasteiger partial charge in [0.2, 0.25) is 0 Å². The third-order valence-corrected chi connectivity index (χ3v) is 6.34. The molecule has 0 N–H and O–H groups in total. The first-order valence-electron chi connectivity index (χ1n) is 11.8. The van der Waals surface area contributed by atoms with Gasteiger partial charge in [0.15, 0.2) is 11.3 Å². The number of carbonyl (C=O) groups excluding carboxylic acids is 2. The maximum absolute atomic E-state index is 13.6. The summed E-state index contributed by atoms with van der Waals surface area (Å²) < 4.78 is 12.0. The van der Waals surface area contributed by atoms with E-state index in [1.807, 2.05) is 0 Å². The summed E-state index contributed by atoms with van der Waals surface area (Å²) in [6, 6.07) is 17.3. The highest BCUT2D eigenvalue weighted by atomic mass is 16.5. The molecule has 188 valence electrons. The molecular formula is C27H25N5O5. The van der Waals surface area contributed by atoms with E-state index >= 15 is 0 Å². The minimum Gasteiger partial charge on any atom is -0.497 e. The van der Waals surface area contributed by atoms with Crippen LogP contribution >= 0.6 is 0 Å². The smallest absolute Gasteiger partial charge is 0.288 e. The van der Waals surface area contributed by atoms with Crippen molar-refractivity contribution >= 4 is 23.0 Å². The lowest BCUT2D eigenvalue weighted by molar-refractivity contribution is 0.0531. The number of piperazine rings is 1. The fourth-order valence-electron chi connectivity index (χ4n) is 4.37. The molecule has 0 aliphatic carbocycles. The second-order valence-corrected chi connectivity index (χ2v) is 8.43. The van der Waals surface area contributed by atoms with Crippen LogP contribution in [0.15, 0.2) is 71.7 Å². The Morgan fingerprint density at radius 3 is 2.16 bits per heavy atom. The summed E-state index contributed by atoms with van der Waals surface area (Å²) in [4.78, 5) is 52.0. The Hall–Kier alpha value is -4.73. The summed E-state index contributed by atoms with van der Waals surface area (Å²) in [6.45, 7) is 1.24. The number of fused-ring (bicyclic) bond motifs is 1. The van der Waals surface area contributed by atoms with E-state index in [0.717, 1.165) is 0 Å². The van der Waals surface area contributed by atoms with Crippen molar-refractivity contribution in [2.75, 3.05) is 40.4 Å². The van der Waals surface area contributed by atoms with Crippen LogP contribution in [-0.2, 0) is 0 Å². The van der Waals surface area contributed by atoms with E-state index in [9.17, 15) is 14.4 Å². The van der Waals surface area contributed by atoms with Gasteiger partial charge in [-0.25, -0.2) is 9.97 Å². The largest absolute Gasteiger partial charge is 0.497 e. The molecule has 1 saturated heterocycles. The van der Waals surface area contributed by atoms with Crippen LogP contribution in [0.25, 0.3) is 16.9 Å². The van der Waals surface area contributed by atoms with Crippen molar-refractivity contribution in [2.24, 2.45) is 0 Å². The number of pyridine rings is 1. The van der Waals surface area contributed by atoms with Gasteiger partial charge in [-0.3, -0.25) is 19.0 Å². The average molecular weight is 500 g/mol. The molecule has 1 aliphatic rings. The molecule has 3 heterocycles. The standard InChI is InChI=1S/C27H25N5O5/c1-36-19-11-9-18(10-12-19)25(33)30-14-16-31(17-15-30)26(34)23-27(35)32(21-7-3-4-8-22(21)37-2)24-20(29-23)6-5-13-28-24/h3-13H,14-17H2,1-2H3. The van der Waals surface area contributed by atoms with Gasteiger partial charge in [0.05, 0.1) is 19.9 Å². The highest BCUT2D eigenvalue weighted by Gasteiger charge is 2.29. The molecule has 0 unspecified atom stereocenters. The number of hydrogen-bond donors (Lipinski definition) is 0. The first-order chi connectivity index (χ1) is 18.0. The average Bonchev–Trinajstić information content (AvgIpc) is 2.96. The van der Waals surface area contributed by atoms with Crippen molar-refractivity contribution in [1.82, 2.24) is 24.3 Å². The van der Waals surface area contributed by atoms with E-state index in [1.165, 1.54) is 11.7 Å². The van der Waals surface area contributed by atoms with Crippen LogP contribution in [0.5, 0.6) is 11.5 Å². The molecule has 0 saturated carbocycles. The van der Waals surface area contributed by atoms with Crippen molar-refractivity contribution in [3.8, 4) is 17.2 Å². The molecule has 1 fully saturated rings. The highest BCUT2D eigenvalue weighted by Crippen LogP contribution is 2.24. The van der Waals surface area contributed by atoms with E-state index in [-0.39, 0.29) is 24.7 Å². The van der Waals surface area contributed by atoms with Gasteiger partial charge in [0.1, 0.15) is 17.0 Å². The highest BCUT2D eigenvalue weighted by molar-refractivity contribution is 5.96. The first kappa shape index (κ1) is 24.0. The van der Waals surface area contributed by atoms with Gasteiger partial charge in [-0.1, -0.05) is 12.1 Å². The van der Waals surface area contributed by atoms with Crippen molar-refractivity contribution < 1.29 is 19.1 Å². The molecule has 10 nitrogen and oxygen atoms in total. The van der Waals surface area contributed by atoms with Crippen LogP contribution in [0.2, 0.25) is 0 Å². The SMILES string of the molecule is COc1ccc(C(=O)N2CCN(C(=O)c3nc4cccnc4n(-c4ccccc4OC)c3=O)CC2)cc1. The third kappa shape index (κ3) is 4.49. The van der Waals surface area contributed by atoms with Crippen molar-refractivity contribution in [3.05, 3.63) is 88.5 Å². The van der Waals surface area contributed by atoms with E-state index in [2.05, 4.69) is 9.97 Å². The molecule has 1 aliphatic heterocycles. The van der Waals surface area contributed by atoms with Crippen LogP contribution in [0.3, 0.4) is 0 Å². The van der Waals surface area contributed by atoms with Crippen molar-refractivity contribution in [2.45, 2.75) is 0 Å². The predicted molar refractivity (Wildman–Crippen MR) is 136 cm³/mol. The van der Waals surface area contributed by atoms with Gasteiger partial charge in [0, 0.05) is 37.9 Å². The zero-order valence-corrected chi connectivity index (χ0v) is 20.5. The van der Waals surface area contributed by atoms with Gasteiger partial charge >= 0.3 is 0 Å². The van der Waals surface area contributed by atoms with Gasteiger partial charge < -0.3 is 19.3 Å². The summed E-state index contributed by atoms with van der Waals surface area (Å²) in [5.74, 6) is 0.523. The van der Waals surface area contributed by atoms with Crippen molar-refractivity contribution in [1.29, 1.82) is 0 Å². The Morgan fingerprint density at radius 1 is 0.811 bits per heavy atom. The van der Waals surface area contributed by atoms with E-state index < -0.39 is 11.5 Å². The molecule has 0 atom stereocenters. The van der Waals surface area contributed by atoms with Gasteiger partial charge in [-0.15, -0.1) is 0 Å². The number of carbonyl (C=O) groups is 2. The van der Waals surface area contributed by atoms with Crippen LogP contribution in [0.4, 0.5) is 0 Å². The fourth-order valence-corrected chi connectivity index (χ4v) is 4.37. The zero-order chi connectivity index (χ0) is 25.9. The summed E-state index contributed by atoms with van der Waals surface area (Å²) in [7, 11) is 3.08. The molecular weight excluding hydrogens is 474 g/mol. The number of benzene rings is 2. The molecule has 5 rings (SSSR count). The quantitative estimate of drug-likeness (QED) is 0.415. The topological polar surface area (TPSA) is 107 Å². The second kappa shape index (κ2) is 10.1. The number of methoxy groups -OCH3 is 2. The number of para-hydroxylation sites is 2. The fraction of sp³-hybridized carbons (Fsp3) is 0.222. The molecule has 0 radical (unpaired) electrons. The Bertz CT molecular complexity index is 1520. The van der Waals surface area contributed by atoms with Gasteiger partial charge in [-0.05, 0) is 48.5 Å². The summed E-state index contributed by atoms with van der Waals surface area (Å²) >= 11 is 0. The Kier molecular flexibility index (Phi) is 6.55. The molecule has 2 aromatic carbocycles. The maximum Gasteiger partial charge on any atom is 0.288 e. The monoisotopic (exact) mass is 499 g/mol. The zero-order valence-electron chi connectivity index (χ0n) is 20.5. The van der Waals surface area contributed by atoms with Crippen LogP contribution in [0.1, 0.15) is 20.8 Å². The molecule has 2 aromatic heterocycles.